The number of carbonyl (C=O) groups is 2. The molecule has 0 saturated heterocycles. The number of benzene rings is 2. The Morgan fingerprint density at radius 3 is 1.66 bits per heavy atom. The van der Waals surface area contributed by atoms with Gasteiger partial charge in [-0.3, -0.25) is 14.5 Å². The smallest absolute Gasteiger partial charge is 0.258 e. The zero-order valence-corrected chi connectivity index (χ0v) is 17.1. The summed E-state index contributed by atoms with van der Waals surface area (Å²) in [4.78, 5) is 27.7. The molecule has 2 amide bonds. The van der Waals surface area contributed by atoms with Gasteiger partial charge in [0.1, 0.15) is 0 Å². The van der Waals surface area contributed by atoms with Crippen molar-refractivity contribution in [2.75, 3.05) is 13.1 Å². The first-order valence-electron chi connectivity index (χ1n) is 9.71. The normalized spacial score (nSPS) is 15.9. The third-order valence-corrected chi connectivity index (χ3v) is 5.61. The third-order valence-electron chi connectivity index (χ3n) is 5.36. The Balaban J connectivity index is 1.70. The van der Waals surface area contributed by atoms with Gasteiger partial charge < -0.3 is 10.6 Å². The average molecular weight is 408 g/mol. The summed E-state index contributed by atoms with van der Waals surface area (Å²) in [6.45, 7) is 7.14. The second-order valence-electron chi connectivity index (χ2n) is 7.07. The molecule has 2 aromatic rings. The number of nitrogens with one attached hydrogen (secondary N) is 2. The monoisotopic (exact) mass is 407 g/mol. The van der Waals surface area contributed by atoms with Crippen molar-refractivity contribution in [2.24, 2.45) is 0 Å². The van der Waals surface area contributed by atoms with E-state index in [1.807, 2.05) is 24.3 Å². The number of carbonyl (C=O) groups excluding carboxylic acids is 2. The van der Waals surface area contributed by atoms with Crippen LogP contribution in [-0.2, 0) is 16.1 Å². The summed E-state index contributed by atoms with van der Waals surface area (Å²) in [6.07, 6.45) is 0. The molecule has 0 fully saturated rings. The van der Waals surface area contributed by atoms with Gasteiger partial charge in [-0.15, -0.1) is 0 Å². The third kappa shape index (κ3) is 3.59. The van der Waals surface area contributed by atoms with Crippen molar-refractivity contribution >= 4 is 34.8 Å². The van der Waals surface area contributed by atoms with E-state index in [0.717, 1.165) is 30.8 Å². The van der Waals surface area contributed by atoms with Crippen LogP contribution in [0.25, 0.3) is 11.4 Å². The lowest BCUT2D eigenvalue weighted by molar-refractivity contribution is -0.117. The van der Waals surface area contributed by atoms with Crippen LogP contribution in [0.15, 0.2) is 59.7 Å². The van der Waals surface area contributed by atoms with Gasteiger partial charge in [0, 0.05) is 11.6 Å². The second-order valence-corrected chi connectivity index (χ2v) is 7.51. The van der Waals surface area contributed by atoms with Crippen LogP contribution >= 0.6 is 11.6 Å². The fourth-order valence-corrected chi connectivity index (χ4v) is 3.84. The summed E-state index contributed by atoms with van der Waals surface area (Å²) in [5.41, 5.74) is 4.63. The Bertz CT molecular complexity index is 1030. The highest BCUT2D eigenvalue weighted by atomic mass is 35.5. The van der Waals surface area contributed by atoms with Crippen molar-refractivity contribution in [3.8, 4) is 0 Å². The summed E-state index contributed by atoms with van der Waals surface area (Å²) in [6, 6.07) is 15.1. The van der Waals surface area contributed by atoms with Crippen LogP contribution in [0.5, 0.6) is 0 Å². The Morgan fingerprint density at radius 1 is 0.759 bits per heavy atom. The second kappa shape index (κ2) is 7.85. The Morgan fingerprint density at radius 2 is 1.21 bits per heavy atom. The molecule has 2 N–H and O–H groups in total. The van der Waals surface area contributed by atoms with Gasteiger partial charge in [-0.1, -0.05) is 61.8 Å². The number of hydrogen-bond donors (Lipinski definition) is 2. The van der Waals surface area contributed by atoms with Crippen LogP contribution in [-0.4, -0.2) is 29.8 Å². The summed E-state index contributed by atoms with van der Waals surface area (Å²) < 4.78 is 0. The minimum Gasteiger partial charge on any atom is -0.321 e. The molecular formula is C23H22ClN3O2. The van der Waals surface area contributed by atoms with Gasteiger partial charge in [-0.25, -0.2) is 0 Å². The van der Waals surface area contributed by atoms with Gasteiger partial charge in [0.2, 0.25) is 0 Å². The fourth-order valence-electron chi connectivity index (χ4n) is 3.71. The Labute approximate surface area is 175 Å². The molecule has 5 nitrogen and oxygen atoms in total. The number of rotatable bonds is 6. The van der Waals surface area contributed by atoms with Crippen LogP contribution in [0.4, 0.5) is 0 Å². The standard InChI is InChI=1S/C23H22ClN3O2/c1-3-27(4-2)13-14-5-7-15(8-6-14)20-18-19(23(29)25-20)21(26-22(18)28)16-9-11-17(24)12-10-16/h5-12H,3-4,13H2,1-2H3,(H,25,29)(H,26,28). The summed E-state index contributed by atoms with van der Waals surface area (Å²) in [5, 5.41) is 6.33. The van der Waals surface area contributed by atoms with Gasteiger partial charge in [0.05, 0.1) is 22.5 Å². The lowest BCUT2D eigenvalue weighted by atomic mass is 10.0. The Hall–Kier alpha value is -2.89. The van der Waals surface area contributed by atoms with Gasteiger partial charge >= 0.3 is 0 Å². The molecule has 2 aromatic carbocycles. The molecule has 2 aliphatic heterocycles. The van der Waals surface area contributed by atoms with E-state index >= 15 is 0 Å². The molecule has 0 bridgehead atoms. The Kier molecular flexibility index (Phi) is 5.26. The fraction of sp³-hybridized carbons (Fsp3) is 0.217. The highest BCUT2D eigenvalue weighted by Gasteiger charge is 2.40. The number of hydrogen-bond acceptors (Lipinski definition) is 3. The minimum atomic E-state index is -0.273. The molecule has 0 saturated carbocycles. The van der Waals surface area contributed by atoms with Crippen LogP contribution in [0.1, 0.15) is 30.5 Å². The van der Waals surface area contributed by atoms with E-state index in [0.29, 0.717) is 27.6 Å². The molecule has 148 valence electrons. The molecule has 2 aliphatic rings. The van der Waals surface area contributed by atoms with Crippen molar-refractivity contribution in [2.45, 2.75) is 20.4 Å². The van der Waals surface area contributed by atoms with E-state index in [2.05, 4.69) is 29.4 Å². The first-order chi connectivity index (χ1) is 14.0. The number of nitrogens with zero attached hydrogens (tertiary/aromatic N) is 1. The lowest BCUT2D eigenvalue weighted by Gasteiger charge is -2.18. The van der Waals surface area contributed by atoms with E-state index in [4.69, 9.17) is 11.6 Å². The largest absolute Gasteiger partial charge is 0.321 e. The van der Waals surface area contributed by atoms with E-state index in [9.17, 15) is 9.59 Å². The molecule has 0 spiro atoms. The van der Waals surface area contributed by atoms with E-state index in [1.54, 1.807) is 24.3 Å². The maximum Gasteiger partial charge on any atom is 0.258 e. The number of amides is 2. The van der Waals surface area contributed by atoms with Crippen LogP contribution in [0.2, 0.25) is 5.02 Å². The van der Waals surface area contributed by atoms with Crippen molar-refractivity contribution in [1.29, 1.82) is 0 Å². The summed E-state index contributed by atoms with van der Waals surface area (Å²) in [7, 11) is 0. The molecule has 6 heteroatoms. The highest BCUT2D eigenvalue weighted by Crippen LogP contribution is 2.37. The molecule has 0 radical (unpaired) electrons. The zero-order valence-electron chi connectivity index (χ0n) is 16.4. The van der Waals surface area contributed by atoms with Crippen molar-refractivity contribution < 1.29 is 9.59 Å². The predicted octanol–water partition coefficient (Wildman–Crippen LogP) is 3.56. The number of fused-ring (bicyclic) bond motifs is 1. The highest BCUT2D eigenvalue weighted by molar-refractivity contribution is 6.31. The summed E-state index contributed by atoms with van der Waals surface area (Å²) >= 11 is 5.96. The van der Waals surface area contributed by atoms with E-state index < -0.39 is 0 Å². The SMILES string of the molecule is CCN(CC)Cc1ccc(C2=C3C(=O)NC(c4ccc(Cl)cc4)=C3C(=O)N2)cc1. The van der Waals surface area contributed by atoms with Crippen LogP contribution in [0.3, 0.4) is 0 Å². The molecule has 4 rings (SSSR count). The maximum absolute atomic E-state index is 12.7. The van der Waals surface area contributed by atoms with E-state index in [1.165, 1.54) is 5.56 Å². The summed E-state index contributed by atoms with van der Waals surface area (Å²) in [5.74, 6) is -0.545. The molecule has 29 heavy (non-hydrogen) atoms. The topological polar surface area (TPSA) is 61.4 Å². The van der Waals surface area contributed by atoms with Crippen LogP contribution in [0, 0.1) is 0 Å². The zero-order chi connectivity index (χ0) is 20.5. The average Bonchev–Trinajstić information content (AvgIpc) is 3.26. The molecule has 0 unspecified atom stereocenters. The maximum atomic E-state index is 12.7. The van der Waals surface area contributed by atoms with Gasteiger partial charge in [-0.2, -0.15) is 0 Å². The molecule has 0 aliphatic carbocycles. The first-order valence-corrected chi connectivity index (χ1v) is 10.1. The predicted molar refractivity (Wildman–Crippen MR) is 115 cm³/mol. The van der Waals surface area contributed by atoms with Gasteiger partial charge in [-0.05, 0) is 41.9 Å². The van der Waals surface area contributed by atoms with Crippen molar-refractivity contribution in [3.63, 3.8) is 0 Å². The van der Waals surface area contributed by atoms with E-state index in [-0.39, 0.29) is 11.8 Å². The van der Waals surface area contributed by atoms with Crippen molar-refractivity contribution in [3.05, 3.63) is 81.4 Å². The molecule has 0 aromatic heterocycles. The first kappa shape index (κ1) is 19.4. The molecule has 0 atom stereocenters. The molecular weight excluding hydrogens is 386 g/mol. The quantitative estimate of drug-likeness (QED) is 0.769. The van der Waals surface area contributed by atoms with Crippen LogP contribution < -0.4 is 10.6 Å². The minimum absolute atomic E-state index is 0.273. The van der Waals surface area contributed by atoms with Crippen molar-refractivity contribution in [1.82, 2.24) is 15.5 Å². The van der Waals surface area contributed by atoms with Gasteiger partial charge in [0.25, 0.3) is 11.8 Å². The molecule has 2 heterocycles. The van der Waals surface area contributed by atoms with Gasteiger partial charge in [0.15, 0.2) is 0 Å². The lowest BCUT2D eigenvalue weighted by Crippen LogP contribution is -2.22. The number of halogens is 1.